The Morgan fingerprint density at radius 2 is 2.10 bits per heavy atom. The molecule has 4 rings (SSSR count). The van der Waals surface area contributed by atoms with Gasteiger partial charge in [-0.25, -0.2) is 4.98 Å². The maximum absolute atomic E-state index is 12.3. The maximum atomic E-state index is 12.3. The lowest BCUT2D eigenvalue weighted by atomic mass is 10.0. The molecular formula is C14H16N2O4. The number of aromatic nitrogens is 1. The third-order valence-electron chi connectivity index (χ3n) is 4.82. The quantitative estimate of drug-likeness (QED) is 0.867. The second kappa shape index (κ2) is 4.07. The molecule has 6 nitrogen and oxygen atoms in total. The minimum absolute atomic E-state index is 0.0302. The number of aliphatic carboxylic acids is 1. The zero-order valence-electron chi connectivity index (χ0n) is 10.9. The number of carbonyl (C=O) groups is 2. The molecule has 3 aliphatic rings. The third-order valence-corrected chi connectivity index (χ3v) is 4.82. The van der Waals surface area contributed by atoms with Gasteiger partial charge in [0.2, 0.25) is 0 Å². The lowest BCUT2D eigenvalue weighted by Gasteiger charge is -2.15. The van der Waals surface area contributed by atoms with Gasteiger partial charge in [-0.2, -0.15) is 0 Å². The summed E-state index contributed by atoms with van der Waals surface area (Å²) in [6.07, 6.45) is 4.86. The SMILES string of the molecule is O=C(N[C@H]1C[C@@H](C(=O)O)[C@@H]2C[C@@H]21)c1ncoc1C1CC1. The Hall–Kier alpha value is -1.85. The van der Waals surface area contributed by atoms with Gasteiger partial charge in [-0.05, 0) is 37.5 Å². The number of carboxylic acid groups (broad SMARTS) is 1. The number of hydrogen-bond donors (Lipinski definition) is 2. The molecule has 0 saturated heterocycles. The van der Waals surface area contributed by atoms with Crippen LogP contribution in [0.25, 0.3) is 0 Å². The Morgan fingerprint density at radius 3 is 2.75 bits per heavy atom. The van der Waals surface area contributed by atoms with Gasteiger partial charge in [0, 0.05) is 12.0 Å². The molecule has 20 heavy (non-hydrogen) atoms. The Bertz CT molecular complexity index is 577. The van der Waals surface area contributed by atoms with Crippen molar-refractivity contribution in [2.75, 3.05) is 0 Å². The molecule has 1 amide bonds. The number of fused-ring (bicyclic) bond motifs is 1. The van der Waals surface area contributed by atoms with Gasteiger partial charge in [-0.1, -0.05) is 0 Å². The van der Waals surface area contributed by atoms with E-state index in [0.29, 0.717) is 29.7 Å². The van der Waals surface area contributed by atoms with E-state index in [-0.39, 0.29) is 23.8 Å². The fourth-order valence-electron chi connectivity index (χ4n) is 3.53. The van der Waals surface area contributed by atoms with Crippen LogP contribution in [0.2, 0.25) is 0 Å². The number of amides is 1. The molecule has 2 N–H and O–H groups in total. The van der Waals surface area contributed by atoms with Crippen molar-refractivity contribution in [3.05, 3.63) is 17.8 Å². The Kier molecular flexibility index (Phi) is 2.43. The van der Waals surface area contributed by atoms with Gasteiger partial charge in [0.05, 0.1) is 5.92 Å². The number of nitrogens with zero attached hydrogens (tertiary/aromatic N) is 1. The molecule has 106 valence electrons. The summed E-state index contributed by atoms with van der Waals surface area (Å²) < 4.78 is 5.30. The summed E-state index contributed by atoms with van der Waals surface area (Å²) in [5.41, 5.74) is 0.378. The van der Waals surface area contributed by atoms with E-state index in [2.05, 4.69) is 10.3 Å². The minimum atomic E-state index is -0.741. The number of carboxylic acids is 1. The molecular weight excluding hydrogens is 260 g/mol. The molecule has 1 aromatic rings. The zero-order chi connectivity index (χ0) is 13.9. The summed E-state index contributed by atoms with van der Waals surface area (Å²) in [6, 6.07) is -0.0302. The highest BCUT2D eigenvalue weighted by atomic mass is 16.4. The molecule has 4 atom stereocenters. The topological polar surface area (TPSA) is 92.4 Å². The van der Waals surface area contributed by atoms with Crippen molar-refractivity contribution in [3.8, 4) is 0 Å². The summed E-state index contributed by atoms with van der Waals surface area (Å²) >= 11 is 0. The van der Waals surface area contributed by atoms with E-state index in [9.17, 15) is 9.59 Å². The highest BCUT2D eigenvalue weighted by Gasteiger charge is 2.57. The molecule has 1 heterocycles. The van der Waals surface area contributed by atoms with Crippen LogP contribution in [0, 0.1) is 17.8 Å². The fourth-order valence-corrected chi connectivity index (χ4v) is 3.53. The molecule has 0 aliphatic heterocycles. The molecule has 0 spiro atoms. The average Bonchev–Trinajstić information content (AvgIpc) is 3.32. The van der Waals surface area contributed by atoms with Gasteiger partial charge < -0.3 is 14.8 Å². The maximum Gasteiger partial charge on any atom is 0.306 e. The van der Waals surface area contributed by atoms with Crippen LogP contribution in [0.3, 0.4) is 0 Å². The molecule has 0 aromatic carbocycles. The largest absolute Gasteiger partial charge is 0.481 e. The van der Waals surface area contributed by atoms with E-state index in [1.165, 1.54) is 6.39 Å². The monoisotopic (exact) mass is 276 g/mol. The molecule has 3 aliphatic carbocycles. The second-order valence-electron chi connectivity index (χ2n) is 6.16. The van der Waals surface area contributed by atoms with Crippen LogP contribution in [0.4, 0.5) is 0 Å². The molecule has 0 unspecified atom stereocenters. The van der Waals surface area contributed by atoms with E-state index >= 15 is 0 Å². The number of carbonyl (C=O) groups excluding carboxylic acids is 1. The highest BCUT2D eigenvalue weighted by molar-refractivity contribution is 5.93. The summed E-state index contributed by atoms with van der Waals surface area (Å²) in [6.45, 7) is 0. The predicted octanol–water partition coefficient (Wildman–Crippen LogP) is 1.39. The van der Waals surface area contributed by atoms with Crippen molar-refractivity contribution in [2.24, 2.45) is 17.8 Å². The van der Waals surface area contributed by atoms with E-state index in [4.69, 9.17) is 9.52 Å². The standard InChI is InChI=1S/C14H16N2O4/c17-13(11-12(6-1-2-6)20-5-15-11)16-10-4-9(14(18)19)7-3-8(7)10/h5-10H,1-4H2,(H,16,17)(H,18,19)/t7-,8+,9-,10+/m1/s1. The third kappa shape index (κ3) is 1.82. The Morgan fingerprint density at radius 1 is 1.30 bits per heavy atom. The molecule has 3 saturated carbocycles. The predicted molar refractivity (Wildman–Crippen MR) is 67.1 cm³/mol. The molecule has 0 bridgehead atoms. The van der Waals surface area contributed by atoms with Gasteiger partial charge in [-0.3, -0.25) is 9.59 Å². The molecule has 0 radical (unpaired) electrons. The number of rotatable bonds is 4. The van der Waals surface area contributed by atoms with Crippen molar-refractivity contribution in [3.63, 3.8) is 0 Å². The summed E-state index contributed by atoms with van der Waals surface area (Å²) in [7, 11) is 0. The van der Waals surface area contributed by atoms with Crippen molar-refractivity contribution < 1.29 is 19.1 Å². The number of hydrogen-bond acceptors (Lipinski definition) is 4. The van der Waals surface area contributed by atoms with Gasteiger partial charge >= 0.3 is 5.97 Å². The minimum Gasteiger partial charge on any atom is -0.481 e. The Labute approximate surface area is 115 Å². The first kappa shape index (κ1) is 11.9. The molecule has 3 fully saturated rings. The van der Waals surface area contributed by atoms with Crippen molar-refractivity contribution in [1.82, 2.24) is 10.3 Å². The summed E-state index contributed by atoms with van der Waals surface area (Å²) in [4.78, 5) is 27.4. The number of nitrogens with one attached hydrogen (secondary N) is 1. The molecule has 1 aromatic heterocycles. The van der Waals surface area contributed by atoms with E-state index in [0.717, 1.165) is 19.3 Å². The highest BCUT2D eigenvalue weighted by Crippen LogP contribution is 2.55. The van der Waals surface area contributed by atoms with Crippen LogP contribution < -0.4 is 5.32 Å². The van der Waals surface area contributed by atoms with E-state index in [1.807, 2.05) is 0 Å². The normalized spacial score (nSPS) is 34.6. The first-order valence-electron chi connectivity index (χ1n) is 7.12. The van der Waals surface area contributed by atoms with E-state index in [1.54, 1.807) is 0 Å². The van der Waals surface area contributed by atoms with Crippen molar-refractivity contribution in [2.45, 2.75) is 37.6 Å². The van der Waals surface area contributed by atoms with Crippen LogP contribution in [0.15, 0.2) is 10.8 Å². The van der Waals surface area contributed by atoms with Crippen LogP contribution >= 0.6 is 0 Å². The average molecular weight is 276 g/mol. The van der Waals surface area contributed by atoms with Crippen LogP contribution in [0.5, 0.6) is 0 Å². The van der Waals surface area contributed by atoms with Crippen LogP contribution in [0.1, 0.15) is 47.8 Å². The van der Waals surface area contributed by atoms with Crippen LogP contribution in [-0.2, 0) is 4.79 Å². The smallest absolute Gasteiger partial charge is 0.306 e. The lowest BCUT2D eigenvalue weighted by Crippen LogP contribution is -2.36. The van der Waals surface area contributed by atoms with Crippen molar-refractivity contribution >= 4 is 11.9 Å². The zero-order valence-corrected chi connectivity index (χ0v) is 10.9. The lowest BCUT2D eigenvalue weighted by molar-refractivity contribution is -0.142. The summed E-state index contributed by atoms with van der Waals surface area (Å²) in [5, 5.41) is 12.1. The first-order valence-corrected chi connectivity index (χ1v) is 7.12. The summed E-state index contributed by atoms with van der Waals surface area (Å²) in [5.74, 6) is 0.335. The first-order chi connectivity index (χ1) is 9.65. The van der Waals surface area contributed by atoms with Crippen LogP contribution in [-0.4, -0.2) is 28.0 Å². The van der Waals surface area contributed by atoms with Crippen molar-refractivity contribution in [1.29, 1.82) is 0 Å². The van der Waals surface area contributed by atoms with Gasteiger partial charge in [-0.15, -0.1) is 0 Å². The Balaban J connectivity index is 1.46. The number of oxazole rings is 1. The van der Waals surface area contributed by atoms with Gasteiger partial charge in [0.25, 0.3) is 5.91 Å². The van der Waals surface area contributed by atoms with E-state index < -0.39 is 5.97 Å². The fraction of sp³-hybridized carbons (Fsp3) is 0.643. The second-order valence-corrected chi connectivity index (χ2v) is 6.16. The van der Waals surface area contributed by atoms with Gasteiger partial charge in [0.1, 0.15) is 5.76 Å². The van der Waals surface area contributed by atoms with Gasteiger partial charge in [0.15, 0.2) is 12.1 Å². The molecule has 6 heteroatoms.